The van der Waals surface area contributed by atoms with Gasteiger partial charge in [-0.15, -0.1) is 11.3 Å². The molecule has 0 bridgehead atoms. The Labute approximate surface area is 196 Å². The highest BCUT2D eigenvalue weighted by molar-refractivity contribution is 7.23. The number of nitrogens with zero attached hydrogens (tertiary/aromatic N) is 4. The number of carbonyl (C=O) groups excluding carboxylic acids is 1. The van der Waals surface area contributed by atoms with Gasteiger partial charge in [-0.2, -0.15) is 5.10 Å². The Morgan fingerprint density at radius 1 is 1.15 bits per heavy atom. The lowest BCUT2D eigenvalue weighted by molar-refractivity contribution is 0.102. The molecule has 1 saturated heterocycles. The number of carbonyl (C=O) groups is 1. The van der Waals surface area contributed by atoms with Crippen LogP contribution in [0.5, 0.6) is 0 Å². The van der Waals surface area contributed by atoms with Crippen LogP contribution < -0.4 is 21.7 Å². The number of benzene rings is 1. The maximum atomic E-state index is 13.4. The van der Waals surface area contributed by atoms with E-state index < -0.39 is 0 Å². The minimum absolute atomic E-state index is 0.211. The molecule has 1 fully saturated rings. The van der Waals surface area contributed by atoms with Gasteiger partial charge in [0.25, 0.3) is 5.91 Å². The molecule has 4 heterocycles. The molecule has 5 rings (SSSR count). The molecule has 33 heavy (non-hydrogen) atoms. The maximum absolute atomic E-state index is 13.4. The van der Waals surface area contributed by atoms with Crippen LogP contribution in [-0.2, 0) is 7.05 Å². The van der Waals surface area contributed by atoms with Gasteiger partial charge in [0.05, 0.1) is 22.1 Å². The number of rotatable bonds is 4. The summed E-state index contributed by atoms with van der Waals surface area (Å²) in [6.45, 7) is 1.71. The molecule has 170 valence electrons. The van der Waals surface area contributed by atoms with Crippen LogP contribution in [0.25, 0.3) is 21.5 Å². The maximum Gasteiger partial charge on any atom is 0.261 e. The monoisotopic (exact) mass is 461 g/mol. The molecule has 1 aliphatic rings. The fraction of sp³-hybridized carbons (Fsp3) is 0.292. The van der Waals surface area contributed by atoms with Gasteiger partial charge in [-0.1, -0.05) is 30.3 Å². The number of hydrogen-bond donors (Lipinski definition) is 3. The number of aromatic nitrogens is 3. The Bertz CT molecular complexity index is 1300. The van der Waals surface area contributed by atoms with Gasteiger partial charge in [-0.05, 0) is 31.4 Å². The second kappa shape index (κ2) is 8.84. The van der Waals surface area contributed by atoms with E-state index in [-0.39, 0.29) is 11.9 Å². The molecule has 9 heteroatoms. The molecular weight excluding hydrogens is 434 g/mol. The Hall–Kier alpha value is -3.43. The highest BCUT2D eigenvalue weighted by Gasteiger charge is 2.24. The van der Waals surface area contributed by atoms with Crippen molar-refractivity contribution in [2.45, 2.75) is 25.3 Å². The average molecular weight is 462 g/mol. The molecule has 5 N–H and O–H groups in total. The van der Waals surface area contributed by atoms with Crippen molar-refractivity contribution in [3.63, 3.8) is 0 Å². The van der Waals surface area contributed by atoms with Crippen LogP contribution in [0.2, 0.25) is 0 Å². The molecule has 1 aliphatic heterocycles. The number of nitrogens with one attached hydrogen (secondary N) is 1. The molecule has 4 aromatic rings. The van der Waals surface area contributed by atoms with Crippen molar-refractivity contribution in [3.8, 4) is 11.3 Å². The molecule has 0 saturated carbocycles. The summed E-state index contributed by atoms with van der Waals surface area (Å²) in [5.41, 5.74) is 15.9. The number of fused-ring (bicyclic) bond motifs is 1. The van der Waals surface area contributed by atoms with Crippen LogP contribution in [0.4, 0.5) is 16.5 Å². The van der Waals surface area contributed by atoms with Crippen molar-refractivity contribution in [1.82, 2.24) is 14.8 Å². The number of pyridine rings is 1. The van der Waals surface area contributed by atoms with Crippen molar-refractivity contribution in [2.24, 2.45) is 12.8 Å². The van der Waals surface area contributed by atoms with Crippen LogP contribution in [0, 0.1) is 0 Å². The molecule has 0 radical (unpaired) electrons. The molecular formula is C24H27N7OS. The number of amides is 1. The van der Waals surface area contributed by atoms with Gasteiger partial charge in [0, 0.05) is 31.7 Å². The Kier molecular flexibility index (Phi) is 5.74. The van der Waals surface area contributed by atoms with E-state index in [0.29, 0.717) is 21.8 Å². The second-order valence-corrected chi connectivity index (χ2v) is 9.47. The van der Waals surface area contributed by atoms with Crippen LogP contribution in [0.1, 0.15) is 29.6 Å². The molecule has 0 unspecified atom stereocenters. The zero-order valence-electron chi connectivity index (χ0n) is 18.5. The lowest BCUT2D eigenvalue weighted by Gasteiger charge is -2.24. The van der Waals surface area contributed by atoms with Crippen LogP contribution >= 0.6 is 11.3 Å². The predicted molar refractivity (Wildman–Crippen MR) is 135 cm³/mol. The van der Waals surface area contributed by atoms with Crippen LogP contribution in [0.3, 0.4) is 0 Å². The number of aryl methyl sites for hydroxylation is 1. The highest BCUT2D eigenvalue weighted by atomic mass is 32.1. The normalized spacial score (nSPS) is 16.7. The van der Waals surface area contributed by atoms with Gasteiger partial charge in [-0.3, -0.25) is 9.48 Å². The van der Waals surface area contributed by atoms with Gasteiger partial charge >= 0.3 is 0 Å². The summed E-state index contributed by atoms with van der Waals surface area (Å²) >= 11 is 1.37. The third-order valence-corrected chi connectivity index (χ3v) is 7.06. The third-order valence-electron chi connectivity index (χ3n) is 6.09. The number of thiophene rings is 1. The Morgan fingerprint density at radius 3 is 2.79 bits per heavy atom. The first-order valence-electron chi connectivity index (χ1n) is 11.1. The van der Waals surface area contributed by atoms with E-state index in [1.54, 1.807) is 10.9 Å². The van der Waals surface area contributed by atoms with Crippen LogP contribution in [0.15, 0.2) is 48.7 Å². The first-order chi connectivity index (χ1) is 16.0. The summed E-state index contributed by atoms with van der Waals surface area (Å²) in [5, 5.41) is 7.90. The van der Waals surface area contributed by atoms with E-state index in [2.05, 4.69) is 15.3 Å². The van der Waals surface area contributed by atoms with Crippen molar-refractivity contribution in [1.29, 1.82) is 0 Å². The smallest absolute Gasteiger partial charge is 0.261 e. The Morgan fingerprint density at radius 2 is 1.97 bits per heavy atom. The average Bonchev–Trinajstić information content (AvgIpc) is 3.25. The minimum atomic E-state index is -0.280. The molecule has 0 aliphatic carbocycles. The lowest BCUT2D eigenvalue weighted by atomic mass is 10.1. The number of hydrogen-bond acceptors (Lipinski definition) is 7. The second-order valence-electron chi connectivity index (χ2n) is 8.39. The molecule has 1 aromatic carbocycles. The van der Waals surface area contributed by atoms with E-state index in [9.17, 15) is 4.79 Å². The van der Waals surface area contributed by atoms with Gasteiger partial charge in [0.2, 0.25) is 0 Å². The minimum Gasteiger partial charge on any atom is -0.390 e. The van der Waals surface area contributed by atoms with Crippen molar-refractivity contribution >= 4 is 44.0 Å². The summed E-state index contributed by atoms with van der Waals surface area (Å²) in [6, 6.07) is 14.0. The predicted octanol–water partition coefficient (Wildman–Crippen LogP) is 3.85. The molecule has 1 amide bonds. The third kappa shape index (κ3) is 4.17. The fourth-order valence-electron chi connectivity index (χ4n) is 4.40. The zero-order valence-corrected chi connectivity index (χ0v) is 19.3. The van der Waals surface area contributed by atoms with E-state index in [1.165, 1.54) is 11.3 Å². The molecule has 1 atom stereocenters. The van der Waals surface area contributed by atoms with E-state index >= 15 is 0 Å². The largest absolute Gasteiger partial charge is 0.390 e. The number of anilines is 3. The molecule has 0 spiro atoms. The van der Waals surface area contributed by atoms with Gasteiger partial charge in [-0.25, -0.2) is 4.98 Å². The topological polar surface area (TPSA) is 115 Å². The van der Waals surface area contributed by atoms with E-state index in [4.69, 9.17) is 16.5 Å². The summed E-state index contributed by atoms with van der Waals surface area (Å²) in [5.74, 6) is 0.603. The quantitative estimate of drug-likeness (QED) is 0.425. The molecule has 3 aromatic heterocycles. The van der Waals surface area contributed by atoms with Crippen molar-refractivity contribution < 1.29 is 4.79 Å². The summed E-state index contributed by atoms with van der Waals surface area (Å²) in [6.07, 6.45) is 4.61. The zero-order chi connectivity index (χ0) is 22.9. The van der Waals surface area contributed by atoms with Gasteiger partial charge in [0.15, 0.2) is 5.82 Å². The lowest BCUT2D eigenvalue weighted by Crippen LogP contribution is -2.29. The van der Waals surface area contributed by atoms with Crippen molar-refractivity contribution in [3.05, 3.63) is 54.2 Å². The summed E-state index contributed by atoms with van der Waals surface area (Å²) in [7, 11) is 1.89. The molecule has 8 nitrogen and oxygen atoms in total. The summed E-state index contributed by atoms with van der Waals surface area (Å²) in [4.78, 5) is 20.5. The summed E-state index contributed by atoms with van der Waals surface area (Å²) < 4.78 is 2.68. The van der Waals surface area contributed by atoms with Crippen LogP contribution in [-0.4, -0.2) is 39.8 Å². The number of nitrogen functional groups attached to an aromatic ring is 1. The first-order valence-corrected chi connectivity index (χ1v) is 11.9. The van der Waals surface area contributed by atoms with E-state index in [1.807, 2.05) is 49.5 Å². The Balaban J connectivity index is 1.47. The highest BCUT2D eigenvalue weighted by Crippen LogP contribution is 2.35. The van der Waals surface area contributed by atoms with Gasteiger partial charge < -0.3 is 21.7 Å². The standard InChI is InChI=1S/C24H27N7OS/c1-30-24(31-12-5-8-16(25)11-13-31)18(14-27-30)29-23(32)20-21-19(33-22(20)26)10-9-17(28-21)15-6-3-2-4-7-15/h2-4,6-7,9-10,14,16H,5,8,11-13,25-26H2,1H3,(H,29,32)/t16-/m0/s1. The van der Waals surface area contributed by atoms with Gasteiger partial charge in [0.1, 0.15) is 16.3 Å². The van der Waals surface area contributed by atoms with E-state index in [0.717, 1.165) is 54.1 Å². The number of nitrogens with two attached hydrogens (primary N) is 2. The first kappa shape index (κ1) is 21.4. The van der Waals surface area contributed by atoms with Crippen molar-refractivity contribution in [2.75, 3.05) is 29.0 Å². The SMILES string of the molecule is Cn1ncc(NC(=O)c2c(N)sc3ccc(-c4ccccc4)nc23)c1N1CCC[C@H](N)CC1. The fourth-order valence-corrected chi connectivity index (χ4v) is 5.30.